The van der Waals surface area contributed by atoms with Crippen molar-refractivity contribution in [2.75, 3.05) is 18.1 Å². The molecule has 1 aromatic heterocycles. The summed E-state index contributed by atoms with van der Waals surface area (Å²) in [6.45, 7) is 10.3. The third kappa shape index (κ3) is 3.69. The van der Waals surface area contributed by atoms with Gasteiger partial charge in [0.1, 0.15) is 12.3 Å². The van der Waals surface area contributed by atoms with E-state index < -0.39 is 0 Å². The maximum absolute atomic E-state index is 5.88. The molecule has 128 valence electrons. The molecule has 0 bridgehead atoms. The summed E-state index contributed by atoms with van der Waals surface area (Å²) < 4.78 is 8.13. The first kappa shape index (κ1) is 17.2. The molecular formula is C20H26N2OS. The van der Waals surface area contributed by atoms with Gasteiger partial charge in [0.15, 0.2) is 0 Å². The minimum Gasteiger partial charge on any atom is -0.474 e. The summed E-state index contributed by atoms with van der Waals surface area (Å²) in [5.74, 6) is 2.96. The van der Waals surface area contributed by atoms with Crippen LogP contribution in [0.5, 0.6) is 0 Å². The Hall–Kier alpha value is -1.68. The lowest BCUT2D eigenvalue weighted by Gasteiger charge is -2.14. The maximum atomic E-state index is 5.88. The number of aryl methyl sites for hydroxylation is 3. The molecule has 0 N–H and O–H groups in total. The summed E-state index contributed by atoms with van der Waals surface area (Å²) in [6.07, 6.45) is 2.12. The zero-order valence-electron chi connectivity index (χ0n) is 15.0. The highest BCUT2D eigenvalue weighted by Gasteiger charge is 2.22. The highest BCUT2D eigenvalue weighted by molar-refractivity contribution is 7.99. The summed E-state index contributed by atoms with van der Waals surface area (Å²) >= 11 is 1.92. The Kier molecular flexibility index (Phi) is 5.34. The zero-order valence-corrected chi connectivity index (χ0v) is 15.8. The second-order valence-electron chi connectivity index (χ2n) is 6.46. The Bertz CT molecular complexity index is 725. The van der Waals surface area contributed by atoms with E-state index in [-0.39, 0.29) is 6.04 Å². The minimum absolute atomic E-state index is 0.288. The molecular weight excluding hydrogens is 316 g/mol. The van der Waals surface area contributed by atoms with E-state index in [4.69, 9.17) is 9.73 Å². The van der Waals surface area contributed by atoms with Gasteiger partial charge < -0.3 is 9.30 Å². The molecule has 1 aromatic carbocycles. The van der Waals surface area contributed by atoms with Crippen molar-refractivity contribution >= 4 is 17.7 Å². The number of rotatable bonds is 6. The molecule has 2 aromatic rings. The standard InChI is InChI=1S/C20H26N2OS/c1-5-24-13-17-12-23-20(21-17)19-7-6-8-22(19)11-18-15(3)9-14(2)10-16(18)4/h6-10,17H,5,11-13H2,1-4H3. The summed E-state index contributed by atoms with van der Waals surface area (Å²) in [4.78, 5) is 4.78. The lowest BCUT2D eigenvalue weighted by molar-refractivity contribution is 0.323. The Morgan fingerprint density at radius 3 is 2.71 bits per heavy atom. The predicted octanol–water partition coefficient (Wildman–Crippen LogP) is 4.36. The number of benzene rings is 1. The van der Waals surface area contributed by atoms with Gasteiger partial charge in [0, 0.05) is 18.5 Å². The number of thioether (sulfide) groups is 1. The van der Waals surface area contributed by atoms with Crippen LogP contribution in [-0.4, -0.2) is 34.6 Å². The molecule has 1 aliphatic rings. The molecule has 2 heterocycles. The van der Waals surface area contributed by atoms with Crippen molar-refractivity contribution in [1.82, 2.24) is 4.57 Å². The number of hydrogen-bond acceptors (Lipinski definition) is 3. The first-order valence-electron chi connectivity index (χ1n) is 8.59. The van der Waals surface area contributed by atoms with Gasteiger partial charge in [-0.3, -0.25) is 0 Å². The molecule has 0 radical (unpaired) electrons. The first-order chi connectivity index (χ1) is 11.6. The smallest absolute Gasteiger partial charge is 0.233 e. The van der Waals surface area contributed by atoms with Crippen molar-refractivity contribution in [3.8, 4) is 0 Å². The van der Waals surface area contributed by atoms with Crippen molar-refractivity contribution in [3.63, 3.8) is 0 Å². The average molecular weight is 343 g/mol. The minimum atomic E-state index is 0.288. The van der Waals surface area contributed by atoms with Crippen LogP contribution in [0, 0.1) is 20.8 Å². The first-order valence-corrected chi connectivity index (χ1v) is 9.74. The SMILES string of the molecule is CCSCC1COC(c2cccn2Cc2c(C)cc(C)cc2C)=N1. The van der Waals surface area contributed by atoms with Crippen LogP contribution in [0.15, 0.2) is 35.5 Å². The van der Waals surface area contributed by atoms with Crippen molar-refractivity contribution in [2.45, 2.75) is 40.3 Å². The fourth-order valence-electron chi connectivity index (χ4n) is 3.27. The van der Waals surface area contributed by atoms with Crippen LogP contribution in [0.25, 0.3) is 0 Å². The number of hydrogen-bond donors (Lipinski definition) is 0. The molecule has 0 saturated carbocycles. The van der Waals surface area contributed by atoms with Crippen molar-refractivity contribution < 1.29 is 4.74 Å². The topological polar surface area (TPSA) is 26.5 Å². The summed E-state index contributed by atoms with van der Waals surface area (Å²) in [7, 11) is 0. The molecule has 1 aliphatic heterocycles. The third-order valence-electron chi connectivity index (χ3n) is 4.44. The van der Waals surface area contributed by atoms with E-state index in [1.165, 1.54) is 22.3 Å². The molecule has 24 heavy (non-hydrogen) atoms. The predicted molar refractivity (Wildman–Crippen MR) is 103 cm³/mol. The Morgan fingerprint density at radius 2 is 2.00 bits per heavy atom. The van der Waals surface area contributed by atoms with E-state index in [9.17, 15) is 0 Å². The van der Waals surface area contributed by atoms with Crippen LogP contribution in [0.1, 0.15) is 34.9 Å². The highest BCUT2D eigenvalue weighted by Crippen LogP contribution is 2.21. The maximum Gasteiger partial charge on any atom is 0.233 e. The van der Waals surface area contributed by atoms with Gasteiger partial charge in [0.25, 0.3) is 0 Å². The molecule has 3 nitrogen and oxygen atoms in total. The van der Waals surface area contributed by atoms with Crippen LogP contribution < -0.4 is 0 Å². The highest BCUT2D eigenvalue weighted by atomic mass is 32.2. The summed E-state index contributed by atoms with van der Waals surface area (Å²) in [6, 6.07) is 8.98. The van der Waals surface area contributed by atoms with E-state index in [1.807, 2.05) is 11.8 Å². The van der Waals surface area contributed by atoms with Crippen LogP contribution in [-0.2, 0) is 11.3 Å². The Morgan fingerprint density at radius 1 is 1.25 bits per heavy atom. The fourth-order valence-corrected chi connectivity index (χ4v) is 3.95. The van der Waals surface area contributed by atoms with Crippen molar-refractivity contribution in [1.29, 1.82) is 0 Å². The van der Waals surface area contributed by atoms with E-state index in [0.29, 0.717) is 6.61 Å². The van der Waals surface area contributed by atoms with Gasteiger partial charge in [-0.05, 0) is 55.3 Å². The molecule has 0 amide bonds. The molecule has 0 saturated heterocycles. The quantitative estimate of drug-likeness (QED) is 0.780. The Balaban J connectivity index is 1.82. The van der Waals surface area contributed by atoms with Crippen LogP contribution in [0.3, 0.4) is 0 Å². The van der Waals surface area contributed by atoms with Gasteiger partial charge >= 0.3 is 0 Å². The number of aromatic nitrogens is 1. The molecule has 1 unspecified atom stereocenters. The van der Waals surface area contributed by atoms with E-state index in [1.54, 1.807) is 0 Å². The monoisotopic (exact) mass is 342 g/mol. The molecule has 4 heteroatoms. The van der Waals surface area contributed by atoms with E-state index >= 15 is 0 Å². The van der Waals surface area contributed by atoms with Crippen molar-refractivity contribution in [2.24, 2.45) is 4.99 Å². The second kappa shape index (κ2) is 7.47. The van der Waals surface area contributed by atoms with Gasteiger partial charge in [-0.25, -0.2) is 4.99 Å². The summed E-state index contributed by atoms with van der Waals surface area (Å²) in [5.41, 5.74) is 6.48. The van der Waals surface area contributed by atoms with E-state index in [2.05, 4.69) is 62.7 Å². The molecule has 0 spiro atoms. The van der Waals surface area contributed by atoms with Crippen molar-refractivity contribution in [3.05, 3.63) is 58.4 Å². The molecule has 0 fully saturated rings. The van der Waals surface area contributed by atoms with Crippen LogP contribution >= 0.6 is 11.8 Å². The number of aliphatic imine (C=N–C) groups is 1. The van der Waals surface area contributed by atoms with Gasteiger partial charge in [0.2, 0.25) is 5.90 Å². The molecule has 1 atom stereocenters. The van der Waals surface area contributed by atoms with Gasteiger partial charge in [0.05, 0.1) is 6.04 Å². The third-order valence-corrected chi connectivity index (χ3v) is 5.47. The molecule has 3 rings (SSSR count). The second-order valence-corrected chi connectivity index (χ2v) is 7.78. The lowest BCUT2D eigenvalue weighted by atomic mass is 10.00. The van der Waals surface area contributed by atoms with E-state index in [0.717, 1.165) is 29.6 Å². The summed E-state index contributed by atoms with van der Waals surface area (Å²) in [5, 5.41) is 0. The average Bonchev–Trinajstić information content (AvgIpc) is 3.17. The fraction of sp³-hybridized carbons (Fsp3) is 0.450. The number of ether oxygens (including phenoxy) is 1. The van der Waals surface area contributed by atoms with Gasteiger partial charge in [-0.1, -0.05) is 24.6 Å². The Labute approximate surface area is 149 Å². The normalized spacial score (nSPS) is 17.0. The van der Waals surface area contributed by atoms with Gasteiger partial charge in [-0.2, -0.15) is 11.8 Å². The molecule has 0 aliphatic carbocycles. The zero-order chi connectivity index (χ0) is 17.1. The van der Waals surface area contributed by atoms with Crippen LogP contribution in [0.2, 0.25) is 0 Å². The van der Waals surface area contributed by atoms with Gasteiger partial charge in [-0.15, -0.1) is 0 Å². The lowest BCUT2D eigenvalue weighted by Crippen LogP contribution is -2.12. The van der Waals surface area contributed by atoms with Crippen LogP contribution in [0.4, 0.5) is 0 Å². The largest absolute Gasteiger partial charge is 0.474 e. The number of nitrogens with zero attached hydrogens (tertiary/aromatic N) is 2.